The Hall–Kier alpha value is -1.35. The maximum absolute atomic E-state index is 11.0. The summed E-state index contributed by atoms with van der Waals surface area (Å²) in [5.74, 6) is 1.17. The van der Waals surface area contributed by atoms with E-state index in [2.05, 4.69) is 24.8 Å². The van der Waals surface area contributed by atoms with Gasteiger partial charge in [-0.1, -0.05) is 6.07 Å². The van der Waals surface area contributed by atoms with Crippen LogP contribution in [-0.2, 0) is 11.3 Å². The third-order valence-electron chi connectivity index (χ3n) is 3.36. The summed E-state index contributed by atoms with van der Waals surface area (Å²) < 4.78 is 5.31. The minimum absolute atomic E-state index is 0.240. The first-order chi connectivity index (χ1) is 8.45. The van der Waals surface area contributed by atoms with Crippen LogP contribution in [0.4, 0.5) is 0 Å². The lowest BCUT2D eigenvalue weighted by atomic mass is 10.0. The molecule has 0 aliphatic heterocycles. The number of carbonyl (C=O) groups is 1. The van der Waals surface area contributed by atoms with Gasteiger partial charge in [0, 0.05) is 19.5 Å². The van der Waals surface area contributed by atoms with Crippen molar-refractivity contribution in [3.8, 4) is 5.75 Å². The fraction of sp³-hybridized carbons (Fsp3) is 0.533. The Balaban J connectivity index is 2.73. The molecule has 1 aromatic carbocycles. The molecule has 0 heterocycles. The first-order valence-corrected chi connectivity index (χ1v) is 6.26. The molecule has 1 aromatic rings. The molecule has 3 heteroatoms. The fourth-order valence-electron chi connectivity index (χ4n) is 1.96. The largest absolute Gasteiger partial charge is 0.496 e. The van der Waals surface area contributed by atoms with E-state index in [1.807, 2.05) is 13.1 Å². The summed E-state index contributed by atoms with van der Waals surface area (Å²) in [6.45, 7) is 7.50. The molecule has 0 aliphatic rings. The van der Waals surface area contributed by atoms with Crippen molar-refractivity contribution in [2.45, 2.75) is 33.7 Å². The van der Waals surface area contributed by atoms with Crippen LogP contribution in [0.15, 0.2) is 12.1 Å². The van der Waals surface area contributed by atoms with Crippen LogP contribution in [0.1, 0.15) is 30.0 Å². The summed E-state index contributed by atoms with van der Waals surface area (Å²) in [6.07, 6.45) is 0.616. The van der Waals surface area contributed by atoms with Crippen LogP contribution in [0, 0.1) is 13.8 Å². The highest BCUT2D eigenvalue weighted by Gasteiger charge is 2.09. The lowest BCUT2D eigenvalue weighted by molar-refractivity contribution is -0.117. The Labute approximate surface area is 110 Å². The first kappa shape index (κ1) is 14.7. The topological polar surface area (TPSA) is 29.5 Å². The lowest BCUT2D eigenvalue weighted by Gasteiger charge is -2.19. The van der Waals surface area contributed by atoms with Gasteiger partial charge in [0.15, 0.2) is 0 Å². The van der Waals surface area contributed by atoms with E-state index < -0.39 is 0 Å². The van der Waals surface area contributed by atoms with Gasteiger partial charge in [-0.15, -0.1) is 0 Å². The highest BCUT2D eigenvalue weighted by Crippen LogP contribution is 2.24. The monoisotopic (exact) mass is 249 g/mol. The number of ketones is 1. The molecule has 3 nitrogen and oxygen atoms in total. The minimum atomic E-state index is 0.240. The van der Waals surface area contributed by atoms with Gasteiger partial charge in [-0.25, -0.2) is 0 Å². The Bertz CT molecular complexity index is 427. The third kappa shape index (κ3) is 3.84. The number of ether oxygens (including phenoxy) is 1. The van der Waals surface area contributed by atoms with Gasteiger partial charge >= 0.3 is 0 Å². The van der Waals surface area contributed by atoms with Gasteiger partial charge in [0.2, 0.25) is 0 Å². The maximum Gasteiger partial charge on any atom is 0.131 e. The molecular formula is C15H23NO2. The van der Waals surface area contributed by atoms with E-state index >= 15 is 0 Å². The molecule has 0 amide bonds. The number of Topliss-reactive ketones (excluding diaryl/α,β-unsaturated/α-hetero) is 1. The smallest absolute Gasteiger partial charge is 0.131 e. The average molecular weight is 249 g/mol. The Morgan fingerprint density at radius 1 is 1.28 bits per heavy atom. The molecule has 1 rings (SSSR count). The van der Waals surface area contributed by atoms with Gasteiger partial charge in [0.05, 0.1) is 7.11 Å². The predicted molar refractivity (Wildman–Crippen MR) is 74.1 cm³/mol. The van der Waals surface area contributed by atoms with E-state index in [1.54, 1.807) is 14.0 Å². The highest BCUT2D eigenvalue weighted by atomic mass is 16.5. The zero-order valence-corrected chi connectivity index (χ0v) is 12.0. The second-order valence-corrected chi connectivity index (χ2v) is 4.87. The van der Waals surface area contributed by atoms with Gasteiger partial charge in [-0.05, 0) is 50.6 Å². The maximum atomic E-state index is 11.0. The van der Waals surface area contributed by atoms with Crippen LogP contribution in [0.25, 0.3) is 0 Å². The van der Waals surface area contributed by atoms with E-state index in [0.717, 1.165) is 18.8 Å². The van der Waals surface area contributed by atoms with Crippen molar-refractivity contribution < 1.29 is 9.53 Å². The average Bonchev–Trinajstić information content (AvgIpc) is 2.33. The van der Waals surface area contributed by atoms with Crippen LogP contribution in [0.3, 0.4) is 0 Å². The number of rotatable bonds is 6. The molecule has 0 saturated heterocycles. The van der Waals surface area contributed by atoms with E-state index in [4.69, 9.17) is 4.74 Å². The van der Waals surface area contributed by atoms with Crippen LogP contribution in [-0.4, -0.2) is 31.4 Å². The third-order valence-corrected chi connectivity index (χ3v) is 3.36. The molecule has 0 fully saturated rings. The molecule has 0 unspecified atom stereocenters. The van der Waals surface area contributed by atoms with Gasteiger partial charge in [0.1, 0.15) is 11.5 Å². The summed E-state index contributed by atoms with van der Waals surface area (Å²) in [4.78, 5) is 13.1. The lowest BCUT2D eigenvalue weighted by Crippen LogP contribution is -2.21. The Morgan fingerprint density at radius 2 is 1.94 bits per heavy atom. The molecule has 0 aliphatic carbocycles. The van der Waals surface area contributed by atoms with E-state index in [1.165, 1.54) is 16.7 Å². The molecule has 0 aromatic heterocycles. The molecule has 0 spiro atoms. The molecule has 0 atom stereocenters. The standard InChI is InChI=1S/C15H23NO2/c1-11(17)8-9-16(4)10-14-6-7-15(18-5)13(3)12(14)2/h6-7H,8-10H2,1-5H3. The van der Waals surface area contributed by atoms with Crippen LogP contribution < -0.4 is 4.74 Å². The highest BCUT2D eigenvalue weighted by molar-refractivity contribution is 5.75. The van der Waals surface area contributed by atoms with Gasteiger partial charge in [0.25, 0.3) is 0 Å². The Morgan fingerprint density at radius 3 is 2.50 bits per heavy atom. The van der Waals surface area contributed by atoms with Crippen molar-refractivity contribution in [1.82, 2.24) is 4.90 Å². The summed E-state index contributed by atoms with van der Waals surface area (Å²) >= 11 is 0. The van der Waals surface area contributed by atoms with E-state index in [-0.39, 0.29) is 5.78 Å². The molecule has 0 N–H and O–H groups in total. The summed E-state index contributed by atoms with van der Waals surface area (Å²) in [5.41, 5.74) is 3.75. The van der Waals surface area contributed by atoms with Crippen molar-refractivity contribution in [1.29, 1.82) is 0 Å². The molecule has 18 heavy (non-hydrogen) atoms. The second kappa shape index (κ2) is 6.55. The predicted octanol–water partition coefficient (Wildman–Crippen LogP) is 2.72. The van der Waals surface area contributed by atoms with Crippen LogP contribution in [0.5, 0.6) is 5.75 Å². The SMILES string of the molecule is COc1ccc(CN(C)CCC(C)=O)c(C)c1C. The van der Waals surface area contributed by atoms with Gasteiger partial charge in [-0.2, -0.15) is 0 Å². The number of hydrogen-bond donors (Lipinski definition) is 0. The van der Waals surface area contributed by atoms with Crippen molar-refractivity contribution in [3.63, 3.8) is 0 Å². The summed E-state index contributed by atoms with van der Waals surface area (Å²) in [5, 5.41) is 0. The van der Waals surface area contributed by atoms with Crippen molar-refractivity contribution in [2.75, 3.05) is 20.7 Å². The van der Waals surface area contributed by atoms with E-state index in [0.29, 0.717) is 6.42 Å². The van der Waals surface area contributed by atoms with Crippen molar-refractivity contribution >= 4 is 5.78 Å². The van der Waals surface area contributed by atoms with Gasteiger partial charge < -0.3 is 9.64 Å². The Kier molecular flexibility index (Phi) is 5.35. The summed E-state index contributed by atoms with van der Waals surface area (Å²) in [7, 11) is 3.74. The number of nitrogens with zero attached hydrogens (tertiary/aromatic N) is 1. The molecule has 0 bridgehead atoms. The number of benzene rings is 1. The quantitative estimate of drug-likeness (QED) is 0.776. The van der Waals surface area contributed by atoms with E-state index in [9.17, 15) is 4.79 Å². The number of methoxy groups -OCH3 is 1. The zero-order chi connectivity index (χ0) is 13.7. The number of carbonyl (C=O) groups excluding carboxylic acids is 1. The molecule has 0 saturated carbocycles. The van der Waals surface area contributed by atoms with Crippen molar-refractivity contribution in [3.05, 3.63) is 28.8 Å². The van der Waals surface area contributed by atoms with Crippen molar-refractivity contribution in [2.24, 2.45) is 0 Å². The molecule has 100 valence electrons. The molecule has 0 radical (unpaired) electrons. The van der Waals surface area contributed by atoms with Gasteiger partial charge in [-0.3, -0.25) is 4.79 Å². The normalized spacial score (nSPS) is 10.8. The first-order valence-electron chi connectivity index (χ1n) is 6.26. The summed E-state index contributed by atoms with van der Waals surface area (Å²) in [6, 6.07) is 4.11. The fourth-order valence-corrected chi connectivity index (χ4v) is 1.96. The number of hydrogen-bond acceptors (Lipinski definition) is 3. The molecular weight excluding hydrogens is 226 g/mol. The minimum Gasteiger partial charge on any atom is -0.496 e. The second-order valence-electron chi connectivity index (χ2n) is 4.87. The van der Waals surface area contributed by atoms with Crippen LogP contribution in [0.2, 0.25) is 0 Å². The van der Waals surface area contributed by atoms with Crippen LogP contribution >= 0.6 is 0 Å². The zero-order valence-electron chi connectivity index (χ0n) is 12.0.